The standard InChI is InChI=1S/C26H32O5/c1-2-3-18-31-24-10-6-5-9-22(24)15-12-20(8-4-7-11-25(27)28)19-21-13-16-23(17-14-21)26(29)30/h5-6,9-10,12-17,20H,2-4,7-8,11,18-19H2,1H3,(H,27,28)(H,29,30). The van der Waals surface area contributed by atoms with Gasteiger partial charge < -0.3 is 14.9 Å². The molecule has 2 aromatic carbocycles. The first-order chi connectivity index (χ1) is 15.0. The van der Waals surface area contributed by atoms with Gasteiger partial charge in [0.2, 0.25) is 0 Å². The fourth-order valence-corrected chi connectivity index (χ4v) is 3.35. The number of carboxylic acids is 2. The van der Waals surface area contributed by atoms with Crippen LogP contribution in [0.2, 0.25) is 0 Å². The third-order valence-corrected chi connectivity index (χ3v) is 5.14. The molecule has 1 unspecified atom stereocenters. The molecule has 5 heteroatoms. The Kier molecular flexibility index (Phi) is 10.4. The van der Waals surface area contributed by atoms with Crippen molar-refractivity contribution in [2.45, 2.75) is 51.9 Å². The Labute approximate surface area is 184 Å². The average Bonchev–Trinajstić information content (AvgIpc) is 2.76. The van der Waals surface area contributed by atoms with Crippen LogP contribution in [0, 0.1) is 5.92 Å². The SMILES string of the molecule is CCCCOc1ccccc1C=CC(CCCCC(=O)O)Cc1ccc(C(=O)O)cc1. The molecule has 0 aromatic heterocycles. The number of allylic oxidation sites excluding steroid dienone is 1. The summed E-state index contributed by atoms with van der Waals surface area (Å²) in [5.41, 5.74) is 2.36. The summed E-state index contributed by atoms with van der Waals surface area (Å²) in [6.45, 7) is 2.82. The topological polar surface area (TPSA) is 83.8 Å². The van der Waals surface area contributed by atoms with E-state index in [1.54, 1.807) is 12.1 Å². The highest BCUT2D eigenvalue weighted by molar-refractivity contribution is 5.87. The zero-order valence-corrected chi connectivity index (χ0v) is 18.1. The lowest BCUT2D eigenvalue weighted by Gasteiger charge is -2.14. The zero-order chi connectivity index (χ0) is 22.5. The molecule has 0 bridgehead atoms. The van der Waals surface area contributed by atoms with E-state index in [0.29, 0.717) is 13.0 Å². The molecule has 0 aliphatic carbocycles. The van der Waals surface area contributed by atoms with Gasteiger partial charge in [0.1, 0.15) is 5.75 Å². The lowest BCUT2D eigenvalue weighted by atomic mass is 9.92. The number of para-hydroxylation sites is 1. The Morgan fingerprint density at radius 1 is 1.00 bits per heavy atom. The van der Waals surface area contributed by atoms with Crippen LogP contribution in [0.4, 0.5) is 0 Å². The van der Waals surface area contributed by atoms with E-state index < -0.39 is 11.9 Å². The normalized spacial score (nSPS) is 12.0. The van der Waals surface area contributed by atoms with Crippen molar-refractivity contribution in [1.29, 1.82) is 0 Å². The van der Waals surface area contributed by atoms with Gasteiger partial charge in [-0.05, 0) is 55.4 Å². The molecule has 1 atom stereocenters. The maximum absolute atomic E-state index is 11.1. The van der Waals surface area contributed by atoms with Crippen LogP contribution in [0.15, 0.2) is 54.6 Å². The molecule has 2 N–H and O–H groups in total. The average molecular weight is 425 g/mol. The minimum absolute atomic E-state index is 0.178. The molecule has 0 saturated carbocycles. The van der Waals surface area contributed by atoms with Crippen molar-refractivity contribution in [2.24, 2.45) is 5.92 Å². The van der Waals surface area contributed by atoms with Gasteiger partial charge in [0.05, 0.1) is 12.2 Å². The minimum atomic E-state index is -0.934. The maximum Gasteiger partial charge on any atom is 0.335 e. The molecule has 166 valence electrons. The third kappa shape index (κ3) is 9.08. The van der Waals surface area contributed by atoms with Crippen LogP contribution in [0.25, 0.3) is 6.08 Å². The Bertz CT molecular complexity index is 854. The number of ether oxygens (including phenoxy) is 1. The highest BCUT2D eigenvalue weighted by atomic mass is 16.5. The van der Waals surface area contributed by atoms with Crippen LogP contribution in [-0.2, 0) is 11.2 Å². The van der Waals surface area contributed by atoms with Gasteiger partial charge in [-0.25, -0.2) is 4.79 Å². The second-order valence-corrected chi connectivity index (χ2v) is 7.70. The van der Waals surface area contributed by atoms with Gasteiger partial charge in [0, 0.05) is 12.0 Å². The van der Waals surface area contributed by atoms with Crippen LogP contribution in [0.3, 0.4) is 0 Å². The van der Waals surface area contributed by atoms with Gasteiger partial charge >= 0.3 is 11.9 Å². The first-order valence-corrected chi connectivity index (χ1v) is 10.9. The van der Waals surface area contributed by atoms with Gasteiger partial charge in [-0.1, -0.05) is 62.2 Å². The molecule has 5 nitrogen and oxygen atoms in total. The van der Waals surface area contributed by atoms with E-state index in [9.17, 15) is 9.59 Å². The Morgan fingerprint density at radius 3 is 2.42 bits per heavy atom. The molecule has 2 aromatic rings. The monoisotopic (exact) mass is 424 g/mol. The molecule has 0 heterocycles. The van der Waals surface area contributed by atoms with Gasteiger partial charge in [-0.15, -0.1) is 0 Å². The van der Waals surface area contributed by atoms with Crippen molar-refractivity contribution < 1.29 is 24.5 Å². The Morgan fingerprint density at radius 2 is 1.74 bits per heavy atom. The quantitative estimate of drug-likeness (QED) is 0.359. The first kappa shape index (κ1) is 24.2. The molecule has 31 heavy (non-hydrogen) atoms. The van der Waals surface area contributed by atoms with Crippen molar-refractivity contribution in [3.63, 3.8) is 0 Å². The van der Waals surface area contributed by atoms with E-state index in [2.05, 4.69) is 19.1 Å². The van der Waals surface area contributed by atoms with Crippen LogP contribution in [-0.4, -0.2) is 28.8 Å². The minimum Gasteiger partial charge on any atom is -0.493 e. The number of hydrogen-bond donors (Lipinski definition) is 2. The largest absolute Gasteiger partial charge is 0.493 e. The zero-order valence-electron chi connectivity index (χ0n) is 18.1. The van der Waals surface area contributed by atoms with Gasteiger partial charge in [-0.3, -0.25) is 4.79 Å². The predicted octanol–water partition coefficient (Wildman–Crippen LogP) is 6.08. The van der Waals surface area contributed by atoms with Crippen LogP contribution in [0.5, 0.6) is 5.75 Å². The van der Waals surface area contributed by atoms with Crippen LogP contribution in [0.1, 0.15) is 66.9 Å². The predicted molar refractivity (Wildman–Crippen MR) is 123 cm³/mol. The fraction of sp³-hybridized carbons (Fsp3) is 0.385. The number of aliphatic carboxylic acids is 1. The van der Waals surface area contributed by atoms with E-state index in [1.165, 1.54) is 0 Å². The summed E-state index contributed by atoms with van der Waals surface area (Å²) in [6, 6.07) is 14.9. The van der Waals surface area contributed by atoms with Crippen molar-refractivity contribution in [3.05, 3.63) is 71.3 Å². The van der Waals surface area contributed by atoms with Gasteiger partial charge in [-0.2, -0.15) is 0 Å². The van der Waals surface area contributed by atoms with E-state index in [0.717, 1.165) is 49.0 Å². The Balaban J connectivity index is 2.10. The summed E-state index contributed by atoms with van der Waals surface area (Å²) < 4.78 is 5.92. The van der Waals surface area contributed by atoms with Gasteiger partial charge in [0.25, 0.3) is 0 Å². The number of benzene rings is 2. The molecule has 0 aliphatic rings. The highest BCUT2D eigenvalue weighted by Crippen LogP contribution is 2.24. The van der Waals surface area contributed by atoms with Crippen molar-refractivity contribution in [1.82, 2.24) is 0 Å². The summed E-state index contributed by atoms with van der Waals surface area (Å²) in [4.78, 5) is 21.9. The molecule has 0 amide bonds. The molecule has 2 rings (SSSR count). The molecule has 0 fully saturated rings. The number of aromatic carboxylic acids is 1. The lowest BCUT2D eigenvalue weighted by Crippen LogP contribution is -2.04. The number of carbonyl (C=O) groups is 2. The summed E-state index contributed by atoms with van der Waals surface area (Å²) in [5, 5.41) is 18.0. The molecular formula is C26H32O5. The number of unbranched alkanes of at least 4 members (excludes halogenated alkanes) is 2. The van der Waals surface area contributed by atoms with E-state index in [-0.39, 0.29) is 17.9 Å². The maximum atomic E-state index is 11.1. The summed E-state index contributed by atoms with van der Waals surface area (Å²) >= 11 is 0. The lowest BCUT2D eigenvalue weighted by molar-refractivity contribution is -0.137. The molecular weight excluding hydrogens is 392 g/mol. The van der Waals surface area contributed by atoms with Crippen molar-refractivity contribution in [2.75, 3.05) is 6.61 Å². The van der Waals surface area contributed by atoms with Crippen LogP contribution < -0.4 is 4.74 Å². The summed E-state index contributed by atoms with van der Waals surface area (Å²) in [7, 11) is 0. The molecule has 0 saturated heterocycles. The third-order valence-electron chi connectivity index (χ3n) is 5.14. The van der Waals surface area contributed by atoms with Crippen molar-refractivity contribution in [3.8, 4) is 5.75 Å². The number of rotatable bonds is 14. The molecule has 0 radical (unpaired) electrons. The highest BCUT2D eigenvalue weighted by Gasteiger charge is 2.10. The van der Waals surface area contributed by atoms with Gasteiger partial charge in [0.15, 0.2) is 0 Å². The summed E-state index contributed by atoms with van der Waals surface area (Å²) in [5.74, 6) is -0.623. The summed E-state index contributed by atoms with van der Waals surface area (Å²) in [6.07, 6.45) is 9.61. The van der Waals surface area contributed by atoms with Crippen LogP contribution >= 0.6 is 0 Å². The first-order valence-electron chi connectivity index (χ1n) is 10.9. The smallest absolute Gasteiger partial charge is 0.335 e. The Hall–Kier alpha value is -3.08. The number of carboxylic acid groups (broad SMARTS) is 2. The van der Waals surface area contributed by atoms with E-state index in [4.69, 9.17) is 14.9 Å². The second kappa shape index (κ2) is 13.3. The van der Waals surface area contributed by atoms with E-state index >= 15 is 0 Å². The second-order valence-electron chi connectivity index (χ2n) is 7.70. The van der Waals surface area contributed by atoms with Crippen molar-refractivity contribution >= 4 is 18.0 Å². The van der Waals surface area contributed by atoms with E-state index in [1.807, 2.05) is 36.4 Å². The molecule has 0 aliphatic heterocycles. The number of hydrogen-bond acceptors (Lipinski definition) is 3. The molecule has 0 spiro atoms. The fourth-order valence-electron chi connectivity index (χ4n) is 3.35.